The Balaban J connectivity index is 1.76. The lowest BCUT2D eigenvalue weighted by molar-refractivity contribution is -0.159. The van der Waals surface area contributed by atoms with Crippen molar-refractivity contribution in [2.75, 3.05) is 26.2 Å². The van der Waals surface area contributed by atoms with Crippen molar-refractivity contribution in [3.63, 3.8) is 0 Å². The second-order valence-corrected chi connectivity index (χ2v) is 11.7. The summed E-state index contributed by atoms with van der Waals surface area (Å²) in [7, 11) is 0. The number of fused-ring (bicyclic) bond motifs is 2. The fourth-order valence-electron chi connectivity index (χ4n) is 6.08. The number of aliphatic hydroxyl groups excluding tert-OH is 1. The number of hydrogen-bond donors (Lipinski definition) is 2. The van der Waals surface area contributed by atoms with Crippen LogP contribution in [0.3, 0.4) is 0 Å². The van der Waals surface area contributed by atoms with Gasteiger partial charge < -0.3 is 29.7 Å². The number of nitrogens with one attached hydrogen (secondary N) is 1. The number of allylic oxidation sites excluding steroid dienone is 1. The Morgan fingerprint density at radius 2 is 1.87 bits per heavy atom. The normalized spacial score (nSPS) is 34.9. The van der Waals surface area contributed by atoms with E-state index in [1.54, 1.807) is 28.9 Å². The van der Waals surface area contributed by atoms with Gasteiger partial charge in [0.1, 0.15) is 23.7 Å². The van der Waals surface area contributed by atoms with E-state index in [0.717, 1.165) is 0 Å². The summed E-state index contributed by atoms with van der Waals surface area (Å²) in [6.07, 6.45) is 8.53. The van der Waals surface area contributed by atoms with Crippen LogP contribution in [0.15, 0.2) is 24.3 Å². The lowest BCUT2D eigenvalue weighted by Gasteiger charge is -2.40. The lowest BCUT2D eigenvalue weighted by Crippen LogP contribution is -2.58. The smallest absolute Gasteiger partial charge is 0.313 e. The van der Waals surface area contributed by atoms with Gasteiger partial charge in [-0.2, -0.15) is 0 Å². The van der Waals surface area contributed by atoms with Crippen molar-refractivity contribution >= 4 is 23.7 Å². The molecule has 0 aromatic rings. The molecule has 4 heterocycles. The van der Waals surface area contributed by atoms with Crippen molar-refractivity contribution in [1.82, 2.24) is 15.1 Å². The Morgan fingerprint density at radius 1 is 1.11 bits per heavy atom. The Bertz CT molecular complexity index is 1000. The van der Waals surface area contributed by atoms with Crippen LogP contribution >= 0.6 is 0 Å². The Hall–Kier alpha value is -2.72. The molecule has 2 N–H and O–H groups in total. The van der Waals surface area contributed by atoms with Gasteiger partial charge in [-0.25, -0.2) is 0 Å². The van der Waals surface area contributed by atoms with Gasteiger partial charge in [-0.05, 0) is 53.4 Å². The van der Waals surface area contributed by atoms with Crippen molar-refractivity contribution in [3.05, 3.63) is 24.3 Å². The molecule has 6 atom stereocenters. The van der Waals surface area contributed by atoms with Gasteiger partial charge in [0.05, 0.1) is 18.6 Å². The van der Waals surface area contributed by atoms with Crippen molar-refractivity contribution in [1.29, 1.82) is 0 Å². The van der Waals surface area contributed by atoms with E-state index in [2.05, 4.69) is 5.32 Å². The quantitative estimate of drug-likeness (QED) is 0.311. The molecule has 4 aliphatic heterocycles. The topological polar surface area (TPSA) is 125 Å². The van der Waals surface area contributed by atoms with Gasteiger partial charge in [-0.1, -0.05) is 24.3 Å². The summed E-state index contributed by atoms with van der Waals surface area (Å²) in [5.74, 6) is -3.06. The maximum atomic E-state index is 14.2. The van der Waals surface area contributed by atoms with Crippen molar-refractivity contribution in [3.8, 4) is 0 Å². The second kappa shape index (κ2) is 11.2. The minimum atomic E-state index is -1.32. The van der Waals surface area contributed by atoms with Gasteiger partial charge in [0.2, 0.25) is 17.7 Å². The molecular weight excluding hydrogens is 490 g/mol. The molecule has 0 bridgehead atoms. The zero-order valence-electron chi connectivity index (χ0n) is 22.9. The number of likely N-dealkylation sites (tertiary alicyclic amines) is 1. The van der Waals surface area contributed by atoms with Crippen LogP contribution in [0.1, 0.15) is 59.8 Å². The standard InChI is InChI=1S/C28H41N3O7/c1-18-17-29-20(33)12-7-6-11-19-21(26(36)37-18)22-24(34)30(14-8-5-9-16-32)23-25(35)31(27(2,3)4)15-10-13-28(22,23)38-19/h6,10-11,13,18-19,21-23,32H,5,7-9,12,14-17H2,1-4H3,(H,29,33)/b11-6-/t18-,19-,21+,22+,23-,28+/m0/s1. The highest BCUT2D eigenvalue weighted by Gasteiger charge is 2.72. The molecule has 0 saturated carbocycles. The summed E-state index contributed by atoms with van der Waals surface area (Å²) in [4.78, 5) is 57.3. The van der Waals surface area contributed by atoms with E-state index in [1.165, 1.54) is 0 Å². The van der Waals surface area contributed by atoms with Crippen LogP contribution in [0.2, 0.25) is 0 Å². The highest BCUT2D eigenvalue weighted by molar-refractivity contribution is 5.99. The molecule has 2 saturated heterocycles. The summed E-state index contributed by atoms with van der Waals surface area (Å²) in [6, 6.07) is -0.919. The van der Waals surface area contributed by atoms with E-state index >= 15 is 0 Å². The monoisotopic (exact) mass is 531 g/mol. The van der Waals surface area contributed by atoms with Crippen LogP contribution in [0.5, 0.6) is 0 Å². The van der Waals surface area contributed by atoms with Crippen LogP contribution in [-0.4, -0.2) is 94.2 Å². The number of amides is 3. The Labute approximate surface area is 224 Å². The number of nitrogens with zero attached hydrogens (tertiary/aromatic N) is 2. The molecule has 10 nitrogen and oxygen atoms in total. The van der Waals surface area contributed by atoms with Crippen LogP contribution in [0.4, 0.5) is 0 Å². The zero-order valence-corrected chi connectivity index (χ0v) is 22.9. The molecule has 3 amide bonds. The van der Waals surface area contributed by atoms with Gasteiger partial charge in [-0.3, -0.25) is 19.2 Å². The van der Waals surface area contributed by atoms with Crippen molar-refractivity contribution in [2.45, 2.75) is 89.2 Å². The first-order valence-corrected chi connectivity index (χ1v) is 13.7. The van der Waals surface area contributed by atoms with Gasteiger partial charge >= 0.3 is 5.97 Å². The van der Waals surface area contributed by atoms with Crippen LogP contribution in [0, 0.1) is 11.8 Å². The lowest BCUT2D eigenvalue weighted by atomic mass is 9.77. The minimum Gasteiger partial charge on any atom is -0.460 e. The average molecular weight is 532 g/mol. The molecule has 0 radical (unpaired) electrons. The molecular formula is C28H41N3O7. The van der Waals surface area contributed by atoms with E-state index < -0.39 is 47.2 Å². The molecule has 0 unspecified atom stereocenters. The number of unbranched alkanes of at least 4 members (excludes halogenated alkanes) is 2. The molecule has 4 aliphatic rings. The maximum absolute atomic E-state index is 14.2. The first-order valence-electron chi connectivity index (χ1n) is 13.7. The first kappa shape index (κ1) is 28.3. The van der Waals surface area contributed by atoms with E-state index in [4.69, 9.17) is 9.47 Å². The highest BCUT2D eigenvalue weighted by Crippen LogP contribution is 2.53. The molecule has 0 aliphatic carbocycles. The number of cyclic esters (lactones) is 1. The maximum Gasteiger partial charge on any atom is 0.313 e. The highest BCUT2D eigenvalue weighted by atomic mass is 16.6. The zero-order chi connectivity index (χ0) is 27.7. The summed E-state index contributed by atoms with van der Waals surface area (Å²) in [5, 5.41) is 12.0. The van der Waals surface area contributed by atoms with E-state index in [1.807, 2.05) is 32.9 Å². The van der Waals surface area contributed by atoms with E-state index in [0.29, 0.717) is 38.8 Å². The number of hydrogen-bond acceptors (Lipinski definition) is 7. The number of carbonyl (C=O) groups excluding carboxylic acids is 4. The van der Waals surface area contributed by atoms with Gasteiger partial charge in [0.25, 0.3) is 0 Å². The molecule has 1 spiro atoms. The molecule has 2 fully saturated rings. The van der Waals surface area contributed by atoms with Crippen molar-refractivity contribution < 1.29 is 33.8 Å². The number of ether oxygens (including phenoxy) is 2. The number of aliphatic hydroxyl groups is 1. The van der Waals surface area contributed by atoms with Gasteiger partial charge in [0.15, 0.2) is 0 Å². The van der Waals surface area contributed by atoms with E-state index in [9.17, 15) is 24.3 Å². The molecule has 10 heteroatoms. The second-order valence-electron chi connectivity index (χ2n) is 11.7. The molecule has 38 heavy (non-hydrogen) atoms. The summed E-state index contributed by atoms with van der Waals surface area (Å²) in [5.41, 5.74) is -1.81. The van der Waals surface area contributed by atoms with Gasteiger partial charge in [0, 0.05) is 31.7 Å². The fourth-order valence-corrected chi connectivity index (χ4v) is 6.08. The van der Waals surface area contributed by atoms with Crippen LogP contribution < -0.4 is 5.32 Å². The summed E-state index contributed by atoms with van der Waals surface area (Å²) >= 11 is 0. The summed E-state index contributed by atoms with van der Waals surface area (Å²) in [6.45, 7) is 8.49. The Kier molecular flexibility index (Phi) is 8.32. The van der Waals surface area contributed by atoms with Crippen LogP contribution in [0.25, 0.3) is 0 Å². The summed E-state index contributed by atoms with van der Waals surface area (Å²) < 4.78 is 12.3. The Morgan fingerprint density at radius 3 is 2.58 bits per heavy atom. The number of rotatable bonds is 5. The third kappa shape index (κ3) is 5.25. The molecule has 0 aromatic carbocycles. The number of esters is 1. The van der Waals surface area contributed by atoms with E-state index in [-0.39, 0.29) is 37.3 Å². The SMILES string of the molecule is C[C@H]1CNC(=O)CC/C=C\[C@@H]2O[C@@]34C=CCN(C(C)(C)C)C(=O)[C@@H]3N(CCCCCO)C(=O)[C@H]4[C@@H]2C(=O)O1. The number of carbonyl (C=O) groups is 4. The average Bonchev–Trinajstić information content (AvgIpc) is 3.22. The van der Waals surface area contributed by atoms with Crippen LogP contribution in [-0.2, 0) is 28.7 Å². The predicted molar refractivity (Wildman–Crippen MR) is 139 cm³/mol. The molecule has 0 aromatic heterocycles. The predicted octanol–water partition coefficient (Wildman–Crippen LogP) is 1.32. The largest absolute Gasteiger partial charge is 0.460 e. The molecule has 4 rings (SSSR count). The van der Waals surface area contributed by atoms with Crippen molar-refractivity contribution in [2.24, 2.45) is 11.8 Å². The van der Waals surface area contributed by atoms with Gasteiger partial charge in [-0.15, -0.1) is 0 Å². The third-order valence-corrected chi connectivity index (χ3v) is 7.90. The first-order chi connectivity index (χ1) is 18.0. The third-order valence-electron chi connectivity index (χ3n) is 7.90. The fraction of sp³-hybridized carbons (Fsp3) is 0.714. The molecule has 210 valence electrons. The minimum absolute atomic E-state index is 0.0626.